The van der Waals surface area contributed by atoms with Crippen molar-refractivity contribution in [3.05, 3.63) is 107 Å². The molecule has 5 rings (SSSR count). The predicted molar refractivity (Wildman–Crippen MR) is 115 cm³/mol. The van der Waals surface area contributed by atoms with E-state index in [2.05, 4.69) is 5.10 Å². The lowest BCUT2D eigenvalue weighted by atomic mass is 9.95. The predicted octanol–water partition coefficient (Wildman–Crippen LogP) is 5.97. The van der Waals surface area contributed by atoms with Crippen molar-refractivity contribution >= 4 is 22.6 Å². The molecule has 29 heavy (non-hydrogen) atoms. The molecule has 0 spiro atoms. The molecule has 0 aliphatic heterocycles. The molecule has 2 heterocycles. The Kier molecular flexibility index (Phi) is 4.26. The molecule has 0 atom stereocenters. The molecule has 0 unspecified atom stereocenters. The monoisotopic (exact) mass is 398 g/mol. The van der Waals surface area contributed by atoms with E-state index < -0.39 is 5.63 Å². The second-order valence-electron chi connectivity index (χ2n) is 6.65. The number of fused-ring (bicyclic) bond motifs is 1. The Balaban J connectivity index is 1.80. The van der Waals surface area contributed by atoms with E-state index in [4.69, 9.17) is 16.0 Å². The number of rotatable bonds is 3. The van der Waals surface area contributed by atoms with Crippen LogP contribution in [0.2, 0.25) is 5.02 Å². The average Bonchev–Trinajstić information content (AvgIpc) is 3.24. The number of para-hydroxylation sites is 2. The zero-order valence-electron chi connectivity index (χ0n) is 15.2. The zero-order chi connectivity index (χ0) is 19.8. The standard InChI is InChI=1S/C24H15ClN2O2/c25-18-12-10-16(11-13-18)23-22(20-8-4-5-9-21(20)29-24(23)28)17-14-26-27(15-17)19-6-2-1-3-7-19/h1-15H. The van der Waals surface area contributed by atoms with Crippen LogP contribution in [0.4, 0.5) is 0 Å². The van der Waals surface area contributed by atoms with Gasteiger partial charge in [0.1, 0.15) is 5.58 Å². The summed E-state index contributed by atoms with van der Waals surface area (Å²) in [5, 5.41) is 5.97. The number of halogens is 1. The van der Waals surface area contributed by atoms with Crippen molar-refractivity contribution in [2.45, 2.75) is 0 Å². The summed E-state index contributed by atoms with van der Waals surface area (Å²) in [5.74, 6) is 0. The third kappa shape index (κ3) is 3.13. The van der Waals surface area contributed by atoms with Gasteiger partial charge in [-0.3, -0.25) is 0 Å². The summed E-state index contributed by atoms with van der Waals surface area (Å²) in [6.07, 6.45) is 3.70. The topological polar surface area (TPSA) is 48.0 Å². The van der Waals surface area contributed by atoms with Crippen LogP contribution in [0.15, 0.2) is 100 Å². The second kappa shape index (κ2) is 7.08. The lowest BCUT2D eigenvalue weighted by molar-refractivity contribution is 0.564. The van der Waals surface area contributed by atoms with Crippen molar-refractivity contribution in [2.24, 2.45) is 0 Å². The minimum atomic E-state index is -0.395. The number of aromatic nitrogens is 2. The van der Waals surface area contributed by atoms with E-state index in [9.17, 15) is 4.79 Å². The molecule has 5 aromatic rings. The molecule has 5 heteroatoms. The minimum absolute atomic E-state index is 0.395. The third-order valence-electron chi connectivity index (χ3n) is 4.84. The van der Waals surface area contributed by atoms with Gasteiger partial charge >= 0.3 is 5.63 Å². The third-order valence-corrected chi connectivity index (χ3v) is 5.09. The van der Waals surface area contributed by atoms with E-state index in [0.29, 0.717) is 16.2 Å². The van der Waals surface area contributed by atoms with Gasteiger partial charge in [-0.15, -0.1) is 0 Å². The lowest BCUT2D eigenvalue weighted by Gasteiger charge is -2.10. The smallest absolute Gasteiger partial charge is 0.344 e. The Labute approximate surface area is 171 Å². The van der Waals surface area contributed by atoms with Gasteiger partial charge < -0.3 is 4.42 Å². The summed E-state index contributed by atoms with van der Waals surface area (Å²) in [4.78, 5) is 13.0. The quantitative estimate of drug-likeness (QED) is 0.352. The van der Waals surface area contributed by atoms with Gasteiger partial charge in [-0.05, 0) is 35.9 Å². The van der Waals surface area contributed by atoms with Crippen LogP contribution in [-0.2, 0) is 0 Å². The SMILES string of the molecule is O=c1oc2ccccc2c(-c2cnn(-c3ccccc3)c2)c1-c1ccc(Cl)cc1. The summed E-state index contributed by atoms with van der Waals surface area (Å²) in [7, 11) is 0. The zero-order valence-corrected chi connectivity index (χ0v) is 16.0. The number of hydrogen-bond donors (Lipinski definition) is 0. The fourth-order valence-electron chi connectivity index (χ4n) is 3.50. The van der Waals surface area contributed by atoms with Gasteiger partial charge in [0.25, 0.3) is 0 Å². The summed E-state index contributed by atoms with van der Waals surface area (Å²) >= 11 is 6.05. The normalized spacial score (nSPS) is 11.1. The van der Waals surface area contributed by atoms with Crippen LogP contribution in [0.1, 0.15) is 0 Å². The maximum atomic E-state index is 13.0. The van der Waals surface area contributed by atoms with E-state index in [1.807, 2.05) is 66.9 Å². The molecule has 0 N–H and O–H groups in total. The van der Waals surface area contributed by atoms with Crippen LogP contribution in [0.3, 0.4) is 0 Å². The largest absolute Gasteiger partial charge is 0.422 e. The maximum absolute atomic E-state index is 13.0. The van der Waals surface area contributed by atoms with Crippen LogP contribution in [0.5, 0.6) is 0 Å². The molecule has 0 saturated carbocycles. The lowest BCUT2D eigenvalue weighted by Crippen LogP contribution is -2.05. The molecule has 140 valence electrons. The molecular formula is C24H15ClN2O2. The van der Waals surface area contributed by atoms with E-state index in [-0.39, 0.29) is 0 Å². The first-order valence-electron chi connectivity index (χ1n) is 9.13. The van der Waals surface area contributed by atoms with Crippen molar-refractivity contribution < 1.29 is 4.42 Å². The van der Waals surface area contributed by atoms with E-state index in [1.54, 1.807) is 29.1 Å². The molecule has 2 aromatic heterocycles. The molecule has 4 nitrogen and oxygen atoms in total. The molecule has 0 amide bonds. The van der Waals surface area contributed by atoms with Gasteiger partial charge in [0.05, 0.1) is 17.4 Å². The fourth-order valence-corrected chi connectivity index (χ4v) is 3.63. The Morgan fingerprint density at radius 2 is 1.52 bits per heavy atom. The van der Waals surface area contributed by atoms with E-state index in [0.717, 1.165) is 27.8 Å². The van der Waals surface area contributed by atoms with E-state index in [1.165, 1.54) is 0 Å². The van der Waals surface area contributed by atoms with Crippen LogP contribution in [0.25, 0.3) is 38.9 Å². The summed E-state index contributed by atoms with van der Waals surface area (Å²) in [6.45, 7) is 0. The highest BCUT2D eigenvalue weighted by Crippen LogP contribution is 2.36. The van der Waals surface area contributed by atoms with Gasteiger partial charge in [-0.25, -0.2) is 9.48 Å². The van der Waals surface area contributed by atoms with Gasteiger partial charge in [0.2, 0.25) is 0 Å². The van der Waals surface area contributed by atoms with Gasteiger partial charge in [-0.1, -0.05) is 60.1 Å². The van der Waals surface area contributed by atoms with Crippen molar-refractivity contribution in [3.8, 4) is 27.9 Å². The number of hydrogen-bond acceptors (Lipinski definition) is 3. The highest BCUT2D eigenvalue weighted by molar-refractivity contribution is 6.30. The van der Waals surface area contributed by atoms with Crippen LogP contribution < -0.4 is 5.63 Å². The Morgan fingerprint density at radius 3 is 2.31 bits per heavy atom. The first kappa shape index (κ1) is 17.5. The first-order chi connectivity index (χ1) is 14.2. The van der Waals surface area contributed by atoms with Crippen molar-refractivity contribution in [3.63, 3.8) is 0 Å². The van der Waals surface area contributed by atoms with E-state index >= 15 is 0 Å². The second-order valence-corrected chi connectivity index (χ2v) is 7.09. The van der Waals surface area contributed by atoms with Crippen LogP contribution >= 0.6 is 11.6 Å². The van der Waals surface area contributed by atoms with Crippen molar-refractivity contribution in [1.29, 1.82) is 0 Å². The minimum Gasteiger partial charge on any atom is -0.422 e. The highest BCUT2D eigenvalue weighted by Gasteiger charge is 2.19. The van der Waals surface area contributed by atoms with Crippen molar-refractivity contribution in [1.82, 2.24) is 9.78 Å². The summed E-state index contributed by atoms with van der Waals surface area (Å²) < 4.78 is 7.41. The number of benzene rings is 3. The molecule has 0 aliphatic rings. The summed E-state index contributed by atoms with van der Waals surface area (Å²) in [6, 6.07) is 24.6. The Morgan fingerprint density at radius 1 is 0.793 bits per heavy atom. The van der Waals surface area contributed by atoms with Crippen LogP contribution in [0, 0.1) is 0 Å². The molecule has 3 aromatic carbocycles. The molecule has 0 saturated heterocycles. The Hall–Kier alpha value is -3.63. The maximum Gasteiger partial charge on any atom is 0.344 e. The van der Waals surface area contributed by atoms with Gasteiger partial charge in [0, 0.05) is 27.7 Å². The highest BCUT2D eigenvalue weighted by atomic mass is 35.5. The molecule has 0 fully saturated rings. The number of nitrogens with zero attached hydrogens (tertiary/aromatic N) is 2. The van der Waals surface area contributed by atoms with Gasteiger partial charge in [0.15, 0.2) is 0 Å². The van der Waals surface area contributed by atoms with Crippen LogP contribution in [-0.4, -0.2) is 9.78 Å². The fraction of sp³-hybridized carbons (Fsp3) is 0. The molecule has 0 radical (unpaired) electrons. The first-order valence-corrected chi connectivity index (χ1v) is 9.51. The molecule has 0 aliphatic carbocycles. The average molecular weight is 399 g/mol. The molecule has 0 bridgehead atoms. The molecular weight excluding hydrogens is 384 g/mol. The Bertz CT molecular complexity index is 1370. The van der Waals surface area contributed by atoms with Crippen molar-refractivity contribution in [2.75, 3.05) is 0 Å². The van der Waals surface area contributed by atoms with Gasteiger partial charge in [-0.2, -0.15) is 5.10 Å². The summed E-state index contributed by atoms with van der Waals surface area (Å²) in [5.41, 5.74) is 3.96.